The van der Waals surface area contributed by atoms with E-state index in [2.05, 4.69) is 21.2 Å². The minimum Gasteiger partial charge on any atom is -0.457 e. The summed E-state index contributed by atoms with van der Waals surface area (Å²) in [5.41, 5.74) is 1.84. The van der Waals surface area contributed by atoms with Gasteiger partial charge in [0.1, 0.15) is 17.3 Å². The van der Waals surface area contributed by atoms with E-state index in [0.29, 0.717) is 56.5 Å². The molecule has 1 heterocycles. The van der Waals surface area contributed by atoms with Gasteiger partial charge >= 0.3 is 11.8 Å². The minimum atomic E-state index is -0.840. The van der Waals surface area contributed by atoms with Gasteiger partial charge in [0, 0.05) is 47.4 Å². The predicted molar refractivity (Wildman–Crippen MR) is 147 cm³/mol. The van der Waals surface area contributed by atoms with E-state index >= 15 is 0 Å². The Morgan fingerprint density at radius 3 is 2.42 bits per heavy atom. The van der Waals surface area contributed by atoms with E-state index in [-0.39, 0.29) is 18.3 Å². The number of amides is 3. The SMILES string of the molecule is Cc1cc(Oc2ccc(CN(C)C(=O)C(=O)Nc3cc(Br)cc(C(=O)N4CCCC4)c3)c(Cl)c2)ccc1F. The first kappa shape index (κ1) is 27.6. The maximum Gasteiger partial charge on any atom is 0.313 e. The third-order valence-corrected chi connectivity index (χ3v) is 6.94. The first-order valence-corrected chi connectivity index (χ1v) is 13.2. The molecule has 0 radical (unpaired) electrons. The summed E-state index contributed by atoms with van der Waals surface area (Å²) in [6.45, 7) is 3.14. The average Bonchev–Trinajstić information content (AvgIpc) is 3.41. The van der Waals surface area contributed by atoms with Crippen LogP contribution in [0.1, 0.15) is 34.3 Å². The molecule has 1 saturated heterocycles. The number of halogens is 3. The Balaban J connectivity index is 1.38. The summed E-state index contributed by atoms with van der Waals surface area (Å²) in [4.78, 5) is 41.2. The summed E-state index contributed by atoms with van der Waals surface area (Å²) >= 11 is 9.78. The summed E-state index contributed by atoms with van der Waals surface area (Å²) in [6.07, 6.45) is 1.94. The monoisotopic (exact) mass is 601 g/mol. The summed E-state index contributed by atoms with van der Waals surface area (Å²) in [5.74, 6) is -1.12. The van der Waals surface area contributed by atoms with Gasteiger partial charge in [-0.2, -0.15) is 0 Å². The molecule has 0 aromatic heterocycles. The van der Waals surface area contributed by atoms with Crippen molar-refractivity contribution in [2.75, 3.05) is 25.5 Å². The highest BCUT2D eigenvalue weighted by Crippen LogP contribution is 2.29. The van der Waals surface area contributed by atoms with Gasteiger partial charge in [0.15, 0.2) is 0 Å². The first-order valence-electron chi connectivity index (χ1n) is 12.0. The van der Waals surface area contributed by atoms with Crippen molar-refractivity contribution < 1.29 is 23.5 Å². The second-order valence-electron chi connectivity index (χ2n) is 9.11. The topological polar surface area (TPSA) is 79.0 Å². The standard InChI is InChI=1S/C28H26BrClFN3O4/c1-17-11-22(7-8-25(17)31)38-23-6-5-18(24(30)15-23)16-33(2)28(37)26(35)32-21-13-19(12-20(29)14-21)27(36)34-9-3-4-10-34/h5-8,11-15H,3-4,9-10,16H2,1-2H3,(H,32,35). The highest BCUT2D eigenvalue weighted by Gasteiger charge is 2.23. The number of rotatable bonds is 6. The molecule has 1 N–H and O–H groups in total. The zero-order chi connectivity index (χ0) is 27.4. The molecule has 7 nitrogen and oxygen atoms in total. The molecule has 3 aromatic carbocycles. The Morgan fingerprint density at radius 2 is 1.74 bits per heavy atom. The van der Waals surface area contributed by atoms with Crippen LogP contribution in [0.25, 0.3) is 0 Å². The maximum absolute atomic E-state index is 13.5. The average molecular weight is 603 g/mol. The van der Waals surface area contributed by atoms with Crippen molar-refractivity contribution in [3.8, 4) is 11.5 Å². The van der Waals surface area contributed by atoms with Crippen molar-refractivity contribution in [3.05, 3.63) is 86.6 Å². The zero-order valence-corrected chi connectivity index (χ0v) is 23.2. The molecule has 3 amide bonds. The lowest BCUT2D eigenvalue weighted by atomic mass is 10.1. The fourth-order valence-electron chi connectivity index (χ4n) is 4.11. The lowest BCUT2D eigenvalue weighted by Gasteiger charge is -2.19. The highest BCUT2D eigenvalue weighted by atomic mass is 79.9. The van der Waals surface area contributed by atoms with Crippen LogP contribution in [0.4, 0.5) is 10.1 Å². The molecule has 0 aliphatic carbocycles. The van der Waals surface area contributed by atoms with Crippen LogP contribution in [0.5, 0.6) is 11.5 Å². The van der Waals surface area contributed by atoms with Gasteiger partial charge in [0.2, 0.25) is 0 Å². The molecule has 198 valence electrons. The van der Waals surface area contributed by atoms with E-state index < -0.39 is 11.8 Å². The number of nitrogens with zero attached hydrogens (tertiary/aromatic N) is 2. The second-order valence-corrected chi connectivity index (χ2v) is 10.4. The number of anilines is 1. The molecule has 0 unspecified atom stereocenters. The number of carbonyl (C=O) groups is 3. The van der Waals surface area contributed by atoms with Gasteiger partial charge in [-0.15, -0.1) is 0 Å². The summed E-state index contributed by atoms with van der Waals surface area (Å²) in [6, 6.07) is 14.3. The molecular formula is C28H26BrClFN3O4. The molecule has 10 heteroatoms. The number of benzene rings is 3. The Kier molecular flexibility index (Phi) is 8.69. The van der Waals surface area contributed by atoms with Crippen LogP contribution in [0.2, 0.25) is 5.02 Å². The van der Waals surface area contributed by atoms with Crippen LogP contribution in [-0.2, 0) is 16.1 Å². The minimum absolute atomic E-state index is 0.0816. The molecule has 3 aromatic rings. The van der Waals surface area contributed by atoms with E-state index in [1.54, 1.807) is 54.3 Å². The molecule has 4 rings (SSSR count). The molecule has 1 aliphatic rings. The zero-order valence-electron chi connectivity index (χ0n) is 20.9. The van der Waals surface area contributed by atoms with Crippen molar-refractivity contribution in [2.45, 2.75) is 26.3 Å². The van der Waals surface area contributed by atoms with Gasteiger partial charge < -0.3 is 19.9 Å². The summed E-state index contributed by atoms with van der Waals surface area (Å²) in [7, 11) is 1.49. The molecular weight excluding hydrogens is 577 g/mol. The van der Waals surface area contributed by atoms with Gasteiger partial charge in [-0.05, 0) is 79.4 Å². The van der Waals surface area contributed by atoms with Crippen molar-refractivity contribution in [2.24, 2.45) is 0 Å². The van der Waals surface area contributed by atoms with E-state index in [9.17, 15) is 18.8 Å². The van der Waals surface area contributed by atoms with Crippen LogP contribution in [-0.4, -0.2) is 47.7 Å². The van der Waals surface area contributed by atoms with Crippen LogP contribution < -0.4 is 10.1 Å². The van der Waals surface area contributed by atoms with Gasteiger partial charge in [0.05, 0.1) is 0 Å². The second kappa shape index (κ2) is 12.0. The number of hydrogen-bond acceptors (Lipinski definition) is 4. The lowest BCUT2D eigenvalue weighted by Crippen LogP contribution is -2.36. The fourth-order valence-corrected chi connectivity index (χ4v) is 4.83. The first-order chi connectivity index (χ1) is 18.1. The Hall–Kier alpha value is -3.43. The van der Waals surface area contributed by atoms with E-state index in [1.165, 1.54) is 24.1 Å². The molecule has 0 bridgehead atoms. The third-order valence-electron chi connectivity index (χ3n) is 6.13. The normalized spacial score (nSPS) is 12.8. The van der Waals surface area contributed by atoms with E-state index in [0.717, 1.165) is 12.8 Å². The lowest BCUT2D eigenvalue weighted by molar-refractivity contribution is -0.142. The van der Waals surface area contributed by atoms with Gasteiger partial charge in [-0.25, -0.2) is 4.39 Å². The molecule has 1 aliphatic heterocycles. The quantitative estimate of drug-likeness (QED) is 0.342. The van der Waals surface area contributed by atoms with Crippen LogP contribution in [0.15, 0.2) is 59.1 Å². The van der Waals surface area contributed by atoms with Crippen molar-refractivity contribution in [1.82, 2.24) is 9.80 Å². The maximum atomic E-state index is 13.5. The number of ether oxygens (including phenoxy) is 1. The van der Waals surface area contributed by atoms with Gasteiger partial charge in [0.25, 0.3) is 5.91 Å². The Morgan fingerprint density at radius 1 is 1.05 bits per heavy atom. The molecule has 38 heavy (non-hydrogen) atoms. The number of likely N-dealkylation sites (N-methyl/N-ethyl adjacent to an activating group) is 1. The molecule has 0 saturated carbocycles. The van der Waals surface area contributed by atoms with Crippen LogP contribution in [0.3, 0.4) is 0 Å². The van der Waals surface area contributed by atoms with E-state index in [1.807, 2.05) is 0 Å². The Labute approximate surface area is 233 Å². The number of likely N-dealkylation sites (tertiary alicyclic amines) is 1. The Bertz CT molecular complexity index is 1390. The summed E-state index contributed by atoms with van der Waals surface area (Å²) < 4.78 is 19.9. The number of carbonyl (C=O) groups excluding carboxylic acids is 3. The largest absolute Gasteiger partial charge is 0.457 e. The molecule has 0 atom stereocenters. The smallest absolute Gasteiger partial charge is 0.313 e. The van der Waals surface area contributed by atoms with Crippen molar-refractivity contribution in [3.63, 3.8) is 0 Å². The van der Waals surface area contributed by atoms with Gasteiger partial charge in [-0.3, -0.25) is 14.4 Å². The number of aryl methyl sites for hydroxylation is 1. The van der Waals surface area contributed by atoms with Crippen LogP contribution >= 0.6 is 27.5 Å². The summed E-state index contributed by atoms with van der Waals surface area (Å²) in [5, 5.41) is 2.93. The predicted octanol–water partition coefficient (Wildman–Crippen LogP) is 6.18. The van der Waals surface area contributed by atoms with Gasteiger partial charge in [-0.1, -0.05) is 33.6 Å². The molecule has 0 spiro atoms. The van der Waals surface area contributed by atoms with Crippen LogP contribution in [0, 0.1) is 12.7 Å². The van der Waals surface area contributed by atoms with Crippen molar-refractivity contribution in [1.29, 1.82) is 0 Å². The van der Waals surface area contributed by atoms with Crippen molar-refractivity contribution >= 4 is 50.9 Å². The van der Waals surface area contributed by atoms with E-state index in [4.69, 9.17) is 16.3 Å². The number of nitrogens with one attached hydrogen (secondary N) is 1. The number of hydrogen-bond donors (Lipinski definition) is 1. The fraction of sp³-hybridized carbons (Fsp3) is 0.250. The third kappa shape index (κ3) is 6.71. The molecule has 1 fully saturated rings. The highest BCUT2D eigenvalue weighted by molar-refractivity contribution is 9.10.